The highest BCUT2D eigenvalue weighted by Crippen LogP contribution is 2.27. The van der Waals surface area contributed by atoms with E-state index in [1.165, 1.54) is 18.2 Å². The van der Waals surface area contributed by atoms with Gasteiger partial charge in [0.1, 0.15) is 29.8 Å². The Bertz CT molecular complexity index is 1940. The molecule has 0 saturated carbocycles. The van der Waals surface area contributed by atoms with Gasteiger partial charge in [-0.05, 0) is 73.4 Å². The Morgan fingerprint density at radius 3 is 2.64 bits per heavy atom. The second-order valence-electron chi connectivity index (χ2n) is 11.6. The second kappa shape index (κ2) is 14.0. The number of nitrogens with zero attached hydrogens (tertiary/aromatic N) is 6. The summed E-state index contributed by atoms with van der Waals surface area (Å²) in [5, 5.41) is 18.3. The van der Waals surface area contributed by atoms with Crippen LogP contribution in [0.2, 0.25) is 0 Å². The normalized spacial score (nSPS) is 13.9. The molecule has 1 aliphatic rings. The number of benzene rings is 3. The monoisotopic (exact) mass is 640 g/mol. The van der Waals surface area contributed by atoms with Crippen LogP contribution in [-0.2, 0) is 37.5 Å². The first kappa shape index (κ1) is 31.7. The number of likely N-dealkylation sites (tertiary alicyclic amines) is 1. The minimum absolute atomic E-state index is 0.00728. The maximum atomic E-state index is 15.2. The largest absolute Gasteiger partial charge is 0.490 e. The van der Waals surface area contributed by atoms with Gasteiger partial charge >= 0.3 is 5.97 Å². The molecule has 0 spiro atoms. The van der Waals surface area contributed by atoms with Crippen LogP contribution in [0.1, 0.15) is 48.0 Å². The van der Waals surface area contributed by atoms with Crippen molar-refractivity contribution < 1.29 is 28.2 Å². The van der Waals surface area contributed by atoms with E-state index in [-0.39, 0.29) is 36.0 Å². The number of carbonyl (C=O) groups is 1. The number of hydrogen-bond acceptors (Lipinski definition) is 7. The first-order chi connectivity index (χ1) is 22.8. The van der Waals surface area contributed by atoms with Gasteiger partial charge in [0.2, 0.25) is 0 Å². The van der Waals surface area contributed by atoms with Crippen LogP contribution in [0.25, 0.3) is 11.0 Å². The minimum atomic E-state index is -1.03. The van der Waals surface area contributed by atoms with Crippen LogP contribution in [0, 0.1) is 23.0 Å². The van der Waals surface area contributed by atoms with Crippen molar-refractivity contribution in [1.29, 1.82) is 5.26 Å². The quantitative estimate of drug-likeness (QED) is 0.185. The molecule has 3 heterocycles. The van der Waals surface area contributed by atoms with Crippen molar-refractivity contribution in [2.75, 3.05) is 13.1 Å². The number of nitriles is 1. The zero-order valence-electron chi connectivity index (χ0n) is 25.9. The molecule has 0 bridgehead atoms. The van der Waals surface area contributed by atoms with Crippen molar-refractivity contribution in [3.8, 4) is 17.6 Å². The van der Waals surface area contributed by atoms with E-state index in [1.54, 1.807) is 18.6 Å². The standard InChI is InChI=1S/C35H34F2N6O4/c1-2-42-22-39-18-26(42)19-43-31-15-25(16-34(44)45)14-30(37)35(31)40-33(43)20-41-10-8-27(9-11-41)47-28-5-3-4-24(12-28)21-46-32-7-6-23(17-38)13-29(32)36/h3-7,12-15,18,22,27H,2,8-11,16,19-21H2,1H3,(H,44,45). The Hall–Kier alpha value is -5.28. The Morgan fingerprint density at radius 2 is 1.89 bits per heavy atom. The average Bonchev–Trinajstić information content (AvgIpc) is 3.65. The topological polar surface area (TPSA) is 118 Å². The average molecular weight is 641 g/mol. The fourth-order valence-corrected chi connectivity index (χ4v) is 5.92. The summed E-state index contributed by atoms with van der Waals surface area (Å²) in [4.78, 5) is 22.6. The predicted octanol–water partition coefficient (Wildman–Crippen LogP) is 5.70. The number of aryl methyl sites for hydroxylation is 1. The first-order valence-corrected chi connectivity index (χ1v) is 15.5. The molecule has 0 aliphatic carbocycles. The highest BCUT2D eigenvalue weighted by atomic mass is 19.1. The predicted molar refractivity (Wildman–Crippen MR) is 169 cm³/mol. The van der Waals surface area contributed by atoms with E-state index in [0.29, 0.717) is 35.7 Å². The summed E-state index contributed by atoms with van der Waals surface area (Å²) in [6, 6.07) is 16.5. The Labute approximate surface area is 270 Å². The van der Waals surface area contributed by atoms with Gasteiger partial charge in [-0.2, -0.15) is 5.26 Å². The fraction of sp³-hybridized carbons (Fsp3) is 0.314. The fourth-order valence-electron chi connectivity index (χ4n) is 5.92. The summed E-state index contributed by atoms with van der Waals surface area (Å²) in [7, 11) is 0. The number of imidazole rings is 2. The maximum absolute atomic E-state index is 15.2. The van der Waals surface area contributed by atoms with E-state index >= 15 is 4.39 Å². The second-order valence-corrected chi connectivity index (χ2v) is 11.6. The van der Waals surface area contributed by atoms with Crippen molar-refractivity contribution in [3.63, 3.8) is 0 Å². The molecule has 3 aromatic carbocycles. The van der Waals surface area contributed by atoms with Crippen LogP contribution >= 0.6 is 0 Å². The zero-order valence-corrected chi connectivity index (χ0v) is 25.9. The highest BCUT2D eigenvalue weighted by molar-refractivity contribution is 5.80. The number of hydrogen-bond donors (Lipinski definition) is 1. The third-order valence-electron chi connectivity index (χ3n) is 8.32. The number of halogens is 2. The summed E-state index contributed by atoms with van der Waals surface area (Å²) >= 11 is 0. The van der Waals surface area contributed by atoms with Crippen LogP contribution in [-0.4, -0.2) is 54.3 Å². The van der Waals surface area contributed by atoms with Crippen LogP contribution in [0.3, 0.4) is 0 Å². The lowest BCUT2D eigenvalue weighted by Gasteiger charge is -2.32. The smallest absolute Gasteiger partial charge is 0.307 e. The lowest BCUT2D eigenvalue weighted by molar-refractivity contribution is -0.136. The number of aliphatic carboxylic acids is 1. The van der Waals surface area contributed by atoms with Gasteiger partial charge in [-0.15, -0.1) is 0 Å². The van der Waals surface area contributed by atoms with Gasteiger partial charge in [-0.1, -0.05) is 12.1 Å². The first-order valence-electron chi connectivity index (χ1n) is 15.5. The third-order valence-corrected chi connectivity index (χ3v) is 8.32. The van der Waals surface area contributed by atoms with E-state index in [1.807, 2.05) is 46.4 Å². The van der Waals surface area contributed by atoms with Crippen LogP contribution in [0.15, 0.2) is 67.1 Å². The molecule has 0 unspecified atom stereocenters. The van der Waals surface area contributed by atoms with Gasteiger partial charge in [0.05, 0.1) is 48.7 Å². The van der Waals surface area contributed by atoms with Gasteiger partial charge < -0.3 is 23.7 Å². The summed E-state index contributed by atoms with van der Waals surface area (Å²) in [6.45, 7) is 5.31. The lowest BCUT2D eigenvalue weighted by atomic mass is 10.1. The van der Waals surface area contributed by atoms with E-state index in [4.69, 9.17) is 19.7 Å². The molecule has 1 fully saturated rings. The van der Waals surface area contributed by atoms with Crippen LogP contribution in [0.5, 0.6) is 11.5 Å². The molecule has 2 aromatic heterocycles. The van der Waals surface area contributed by atoms with E-state index < -0.39 is 17.6 Å². The summed E-state index contributed by atoms with van der Waals surface area (Å²) in [6.07, 6.45) is 4.80. The van der Waals surface area contributed by atoms with Crippen LogP contribution in [0.4, 0.5) is 8.78 Å². The minimum Gasteiger partial charge on any atom is -0.490 e. The number of aromatic nitrogens is 4. The van der Waals surface area contributed by atoms with Gasteiger partial charge in [0, 0.05) is 25.8 Å². The molecule has 1 N–H and O–H groups in total. The number of carboxylic acid groups (broad SMARTS) is 1. The van der Waals surface area contributed by atoms with E-state index in [2.05, 4.69) is 9.88 Å². The molecule has 1 saturated heterocycles. The summed E-state index contributed by atoms with van der Waals surface area (Å²) in [5.74, 6) is -0.671. The van der Waals surface area contributed by atoms with Crippen molar-refractivity contribution in [2.45, 2.75) is 58.5 Å². The van der Waals surface area contributed by atoms with Crippen LogP contribution < -0.4 is 9.47 Å². The lowest BCUT2D eigenvalue weighted by Crippen LogP contribution is -2.38. The van der Waals surface area contributed by atoms with Gasteiger partial charge in [-0.3, -0.25) is 9.69 Å². The molecule has 10 nitrogen and oxygen atoms in total. The molecule has 5 aromatic rings. The molecule has 1 aliphatic heterocycles. The van der Waals surface area contributed by atoms with Gasteiger partial charge in [-0.25, -0.2) is 18.7 Å². The number of piperidine rings is 1. The molecule has 0 atom stereocenters. The molecule has 0 radical (unpaired) electrons. The Balaban J connectivity index is 1.12. The summed E-state index contributed by atoms with van der Waals surface area (Å²) < 4.78 is 45.3. The molecule has 242 valence electrons. The molecule has 12 heteroatoms. The molecular weight excluding hydrogens is 606 g/mol. The third kappa shape index (κ3) is 7.42. The summed E-state index contributed by atoms with van der Waals surface area (Å²) in [5.41, 5.74) is 3.17. The van der Waals surface area contributed by atoms with Crippen molar-refractivity contribution in [3.05, 3.63) is 107 Å². The zero-order chi connectivity index (χ0) is 32.9. The number of ether oxygens (including phenoxy) is 2. The maximum Gasteiger partial charge on any atom is 0.307 e. The number of fused-ring (bicyclic) bond motifs is 1. The molecule has 6 rings (SSSR count). The number of rotatable bonds is 12. The van der Waals surface area contributed by atoms with Crippen molar-refractivity contribution in [1.82, 2.24) is 24.0 Å². The van der Waals surface area contributed by atoms with Gasteiger partial charge in [0.15, 0.2) is 17.4 Å². The number of carboxylic acids is 1. The van der Waals surface area contributed by atoms with Crippen molar-refractivity contribution in [2.24, 2.45) is 0 Å². The molecular formula is C35H34F2N6O4. The van der Waals surface area contributed by atoms with Crippen molar-refractivity contribution >= 4 is 17.0 Å². The molecule has 0 amide bonds. The van der Waals surface area contributed by atoms with E-state index in [9.17, 15) is 14.3 Å². The Kier molecular flexibility index (Phi) is 9.45. The van der Waals surface area contributed by atoms with E-state index in [0.717, 1.165) is 49.8 Å². The Morgan fingerprint density at radius 1 is 1.06 bits per heavy atom. The highest BCUT2D eigenvalue weighted by Gasteiger charge is 2.24. The SMILES string of the molecule is CCn1cncc1Cn1c(CN2CCC(Oc3cccc(COc4ccc(C#N)cc4F)c3)CC2)nc2c(F)cc(CC(=O)O)cc21. The molecule has 47 heavy (non-hydrogen) atoms. The van der Waals surface area contributed by atoms with Gasteiger partial charge in [0.25, 0.3) is 0 Å².